The van der Waals surface area contributed by atoms with Crippen LogP contribution in [0.15, 0.2) is 24.3 Å². The number of benzene rings is 1. The zero-order valence-corrected chi connectivity index (χ0v) is 10.8. The van der Waals surface area contributed by atoms with Crippen LogP contribution < -0.4 is 4.74 Å². The summed E-state index contributed by atoms with van der Waals surface area (Å²) >= 11 is 0. The minimum absolute atomic E-state index is 0.693. The second kappa shape index (κ2) is 4.62. The minimum atomic E-state index is 0.693. The molecule has 0 aliphatic carbocycles. The van der Waals surface area contributed by atoms with E-state index in [1.54, 1.807) is 0 Å². The molecule has 3 heteroatoms. The maximum Gasteiger partial charge on any atom is 0.119 e. The first kappa shape index (κ1) is 11.7. The molecule has 3 nitrogen and oxygen atoms in total. The average Bonchev–Trinajstić information content (AvgIpc) is 2.59. The highest BCUT2D eigenvalue weighted by molar-refractivity contribution is 5.40. The van der Waals surface area contributed by atoms with E-state index in [-0.39, 0.29) is 0 Å². The zero-order valence-electron chi connectivity index (χ0n) is 10.8. The van der Waals surface area contributed by atoms with E-state index in [2.05, 4.69) is 18.9 Å². The molecule has 0 fully saturated rings. The lowest BCUT2D eigenvalue weighted by atomic mass is 10.2. The van der Waals surface area contributed by atoms with Gasteiger partial charge in [0.2, 0.25) is 0 Å². The summed E-state index contributed by atoms with van der Waals surface area (Å²) in [7, 11) is 0. The van der Waals surface area contributed by atoms with E-state index < -0.39 is 0 Å². The molecule has 0 radical (unpaired) electrons. The Balaban J connectivity index is 2.36. The maximum absolute atomic E-state index is 5.43. The molecular formula is C14H18N2O. The van der Waals surface area contributed by atoms with Gasteiger partial charge in [0, 0.05) is 5.69 Å². The molecule has 2 rings (SSSR count). The largest absolute Gasteiger partial charge is 0.494 e. The fraction of sp³-hybridized carbons (Fsp3) is 0.357. The number of nitrogens with zero attached hydrogens (tertiary/aromatic N) is 2. The Morgan fingerprint density at radius 1 is 1.12 bits per heavy atom. The van der Waals surface area contributed by atoms with Crippen LogP contribution in [0.3, 0.4) is 0 Å². The maximum atomic E-state index is 5.43. The van der Waals surface area contributed by atoms with Gasteiger partial charge in [0.1, 0.15) is 5.75 Å². The van der Waals surface area contributed by atoms with E-state index in [1.165, 1.54) is 11.3 Å². The Bertz CT molecular complexity index is 512. The van der Waals surface area contributed by atoms with Crippen LogP contribution in [0.25, 0.3) is 5.69 Å². The van der Waals surface area contributed by atoms with Crippen molar-refractivity contribution in [3.63, 3.8) is 0 Å². The van der Waals surface area contributed by atoms with E-state index in [4.69, 9.17) is 4.74 Å². The van der Waals surface area contributed by atoms with Crippen LogP contribution in [-0.4, -0.2) is 16.4 Å². The lowest BCUT2D eigenvalue weighted by Gasteiger charge is -2.06. The third kappa shape index (κ3) is 2.18. The van der Waals surface area contributed by atoms with Crippen molar-refractivity contribution in [1.29, 1.82) is 0 Å². The van der Waals surface area contributed by atoms with Crippen LogP contribution >= 0.6 is 0 Å². The molecular weight excluding hydrogens is 212 g/mol. The third-order valence-corrected chi connectivity index (χ3v) is 3.05. The number of ether oxygens (including phenoxy) is 1. The van der Waals surface area contributed by atoms with E-state index in [0.717, 1.165) is 17.1 Å². The van der Waals surface area contributed by atoms with Gasteiger partial charge in [-0.1, -0.05) is 0 Å². The highest BCUT2D eigenvalue weighted by Gasteiger charge is 2.08. The Labute approximate surface area is 102 Å². The second-order valence-corrected chi connectivity index (χ2v) is 4.13. The predicted molar refractivity (Wildman–Crippen MR) is 68.9 cm³/mol. The molecule has 0 saturated heterocycles. The van der Waals surface area contributed by atoms with Crippen molar-refractivity contribution in [3.05, 3.63) is 41.2 Å². The first-order valence-electron chi connectivity index (χ1n) is 5.89. The summed E-state index contributed by atoms with van der Waals surface area (Å²) in [6, 6.07) is 8.02. The van der Waals surface area contributed by atoms with Crippen molar-refractivity contribution in [2.24, 2.45) is 0 Å². The number of hydrogen-bond donors (Lipinski definition) is 0. The molecule has 0 spiro atoms. The standard InChI is InChI=1S/C14H18N2O/c1-5-17-14-8-6-13(7-9-14)16-12(4)10(2)11(3)15-16/h6-9H,5H2,1-4H3. The summed E-state index contributed by atoms with van der Waals surface area (Å²) in [6.07, 6.45) is 0. The van der Waals surface area contributed by atoms with Crippen LogP contribution in [0.2, 0.25) is 0 Å². The summed E-state index contributed by atoms with van der Waals surface area (Å²) in [4.78, 5) is 0. The molecule has 0 atom stereocenters. The van der Waals surface area contributed by atoms with Gasteiger partial charge in [-0.15, -0.1) is 0 Å². The molecule has 0 saturated carbocycles. The van der Waals surface area contributed by atoms with Gasteiger partial charge in [0.25, 0.3) is 0 Å². The molecule has 2 aromatic rings. The quantitative estimate of drug-likeness (QED) is 0.809. The molecule has 90 valence electrons. The molecule has 0 N–H and O–H groups in total. The van der Waals surface area contributed by atoms with Crippen LogP contribution in [-0.2, 0) is 0 Å². The summed E-state index contributed by atoms with van der Waals surface area (Å²) in [5.74, 6) is 0.898. The molecule has 1 aromatic heterocycles. The number of hydrogen-bond acceptors (Lipinski definition) is 2. The van der Waals surface area contributed by atoms with Gasteiger partial charge in [0.15, 0.2) is 0 Å². The van der Waals surface area contributed by atoms with Gasteiger partial charge in [-0.2, -0.15) is 5.10 Å². The molecule has 1 aromatic carbocycles. The smallest absolute Gasteiger partial charge is 0.119 e. The van der Waals surface area contributed by atoms with Crippen molar-refractivity contribution in [1.82, 2.24) is 9.78 Å². The Morgan fingerprint density at radius 3 is 2.24 bits per heavy atom. The van der Waals surface area contributed by atoms with Gasteiger partial charge in [-0.3, -0.25) is 0 Å². The molecule has 0 aliphatic rings. The van der Waals surface area contributed by atoms with Crippen molar-refractivity contribution < 1.29 is 4.74 Å². The monoisotopic (exact) mass is 230 g/mol. The Hall–Kier alpha value is -1.77. The Kier molecular flexibility index (Phi) is 3.18. The molecule has 17 heavy (non-hydrogen) atoms. The number of aromatic nitrogens is 2. The van der Waals surface area contributed by atoms with Gasteiger partial charge in [-0.05, 0) is 57.5 Å². The number of rotatable bonds is 3. The molecule has 0 amide bonds. The average molecular weight is 230 g/mol. The molecule has 0 aliphatic heterocycles. The third-order valence-electron chi connectivity index (χ3n) is 3.05. The van der Waals surface area contributed by atoms with E-state index in [0.29, 0.717) is 6.61 Å². The van der Waals surface area contributed by atoms with Crippen LogP contribution in [0.1, 0.15) is 23.9 Å². The summed E-state index contributed by atoms with van der Waals surface area (Å²) in [5.41, 5.74) is 4.59. The van der Waals surface area contributed by atoms with Crippen LogP contribution in [0.5, 0.6) is 5.75 Å². The van der Waals surface area contributed by atoms with Crippen LogP contribution in [0, 0.1) is 20.8 Å². The van der Waals surface area contributed by atoms with Crippen molar-refractivity contribution in [3.8, 4) is 11.4 Å². The number of aryl methyl sites for hydroxylation is 1. The zero-order chi connectivity index (χ0) is 12.4. The lowest BCUT2D eigenvalue weighted by Crippen LogP contribution is -1.99. The summed E-state index contributed by atoms with van der Waals surface area (Å²) in [5, 5.41) is 4.53. The Morgan fingerprint density at radius 2 is 1.76 bits per heavy atom. The summed E-state index contributed by atoms with van der Waals surface area (Å²) in [6.45, 7) is 8.90. The first-order chi connectivity index (χ1) is 8.13. The first-order valence-corrected chi connectivity index (χ1v) is 5.89. The van der Waals surface area contributed by atoms with Gasteiger partial charge < -0.3 is 4.74 Å². The normalized spacial score (nSPS) is 10.6. The van der Waals surface area contributed by atoms with Crippen molar-refractivity contribution in [2.45, 2.75) is 27.7 Å². The van der Waals surface area contributed by atoms with E-state index >= 15 is 0 Å². The highest BCUT2D eigenvalue weighted by atomic mass is 16.5. The topological polar surface area (TPSA) is 27.1 Å². The minimum Gasteiger partial charge on any atom is -0.494 e. The fourth-order valence-corrected chi connectivity index (χ4v) is 1.82. The predicted octanol–water partition coefficient (Wildman–Crippen LogP) is 3.20. The van der Waals surface area contributed by atoms with Crippen LogP contribution in [0.4, 0.5) is 0 Å². The second-order valence-electron chi connectivity index (χ2n) is 4.13. The molecule has 0 bridgehead atoms. The summed E-state index contributed by atoms with van der Waals surface area (Å²) < 4.78 is 7.40. The SMILES string of the molecule is CCOc1ccc(-n2nc(C)c(C)c2C)cc1. The van der Waals surface area contributed by atoms with Crippen molar-refractivity contribution >= 4 is 0 Å². The van der Waals surface area contributed by atoms with Crippen molar-refractivity contribution in [2.75, 3.05) is 6.61 Å². The van der Waals surface area contributed by atoms with Gasteiger partial charge >= 0.3 is 0 Å². The van der Waals surface area contributed by atoms with E-state index in [9.17, 15) is 0 Å². The van der Waals surface area contributed by atoms with Gasteiger partial charge in [0.05, 0.1) is 18.0 Å². The lowest BCUT2D eigenvalue weighted by molar-refractivity contribution is 0.340. The highest BCUT2D eigenvalue weighted by Crippen LogP contribution is 2.19. The van der Waals surface area contributed by atoms with Gasteiger partial charge in [-0.25, -0.2) is 4.68 Å². The van der Waals surface area contributed by atoms with E-state index in [1.807, 2.05) is 42.8 Å². The fourth-order valence-electron chi connectivity index (χ4n) is 1.82. The molecule has 1 heterocycles. The molecule has 0 unspecified atom stereocenters.